The van der Waals surface area contributed by atoms with Crippen LogP contribution in [0.4, 0.5) is 0 Å². The fraction of sp³-hybridized carbons (Fsp3) is 0.500. The smallest absolute Gasteiger partial charge is 0.0675 e. The maximum absolute atomic E-state index is 9.11. The molecule has 80 valence electrons. The van der Waals surface area contributed by atoms with E-state index in [4.69, 9.17) is 5.26 Å². The number of pyridine rings is 1. The normalized spacial score (nSPS) is 14.6. The number of nitriles is 1. The zero-order chi connectivity index (χ0) is 11.3. The number of aromatic nitrogens is 1. The maximum atomic E-state index is 9.11. The monoisotopic (exact) mass is 203 g/mol. The molecule has 0 aliphatic carbocycles. The molecule has 0 fully saturated rings. The second kappa shape index (κ2) is 5.47. The Morgan fingerprint density at radius 1 is 1.53 bits per heavy atom. The van der Waals surface area contributed by atoms with E-state index < -0.39 is 0 Å². The molecule has 0 N–H and O–H groups in total. The molecule has 15 heavy (non-hydrogen) atoms. The third kappa shape index (κ3) is 2.77. The van der Waals surface area contributed by atoms with E-state index in [-0.39, 0.29) is 12.0 Å². The molecular formula is C12H17N3. The van der Waals surface area contributed by atoms with Gasteiger partial charge in [-0.15, -0.1) is 0 Å². The predicted octanol–water partition coefficient (Wildman–Crippen LogP) is 2.23. The van der Waals surface area contributed by atoms with Gasteiger partial charge in [0.1, 0.15) is 0 Å². The molecule has 0 aromatic carbocycles. The second-order valence-corrected chi connectivity index (χ2v) is 3.84. The summed E-state index contributed by atoms with van der Waals surface area (Å²) in [6, 6.07) is 6.43. The minimum atomic E-state index is 0.0178. The lowest BCUT2D eigenvalue weighted by atomic mass is 9.92. The van der Waals surface area contributed by atoms with Gasteiger partial charge in [-0.25, -0.2) is 0 Å². The molecule has 1 aromatic heterocycles. The van der Waals surface area contributed by atoms with Gasteiger partial charge in [0, 0.05) is 12.4 Å². The van der Waals surface area contributed by atoms with Crippen molar-refractivity contribution < 1.29 is 0 Å². The number of nitrogens with zero attached hydrogens (tertiary/aromatic N) is 3. The van der Waals surface area contributed by atoms with Gasteiger partial charge in [0.05, 0.1) is 18.0 Å². The molecule has 0 bridgehead atoms. The van der Waals surface area contributed by atoms with E-state index in [9.17, 15) is 0 Å². The third-order valence-corrected chi connectivity index (χ3v) is 2.57. The Hall–Kier alpha value is -1.40. The summed E-state index contributed by atoms with van der Waals surface area (Å²) in [6.07, 6.45) is 4.45. The first-order chi connectivity index (χ1) is 7.20. The highest BCUT2D eigenvalue weighted by atomic mass is 15.1. The van der Waals surface area contributed by atoms with Crippen LogP contribution in [0.15, 0.2) is 24.5 Å². The van der Waals surface area contributed by atoms with Gasteiger partial charge in [0.15, 0.2) is 0 Å². The van der Waals surface area contributed by atoms with Gasteiger partial charge in [0.2, 0.25) is 0 Å². The molecule has 0 radical (unpaired) electrons. The number of hydrogen-bond acceptors (Lipinski definition) is 3. The predicted molar refractivity (Wildman–Crippen MR) is 60.1 cm³/mol. The van der Waals surface area contributed by atoms with E-state index in [1.54, 1.807) is 6.20 Å². The summed E-state index contributed by atoms with van der Waals surface area (Å²) >= 11 is 0. The van der Waals surface area contributed by atoms with Gasteiger partial charge >= 0.3 is 0 Å². The number of hydrogen-bond donors (Lipinski definition) is 0. The van der Waals surface area contributed by atoms with Gasteiger partial charge in [0.25, 0.3) is 0 Å². The maximum Gasteiger partial charge on any atom is 0.0675 e. The van der Waals surface area contributed by atoms with Gasteiger partial charge < -0.3 is 4.90 Å². The molecule has 0 amide bonds. The standard InChI is InChI=1S/C12H17N3/c1-4-10(8-13)12(15(2)3)11-6-5-7-14-9-11/h5-7,9-10,12H,4H2,1-3H3. The van der Waals surface area contributed by atoms with Crippen LogP contribution in [-0.4, -0.2) is 24.0 Å². The summed E-state index contributed by atoms with van der Waals surface area (Å²) in [5.41, 5.74) is 1.11. The zero-order valence-electron chi connectivity index (χ0n) is 9.51. The first-order valence-electron chi connectivity index (χ1n) is 5.16. The van der Waals surface area contributed by atoms with Crippen LogP contribution in [0.3, 0.4) is 0 Å². The van der Waals surface area contributed by atoms with Crippen molar-refractivity contribution in [1.82, 2.24) is 9.88 Å². The molecule has 3 nitrogen and oxygen atoms in total. The summed E-state index contributed by atoms with van der Waals surface area (Å²) in [5.74, 6) is 0.0178. The Labute approximate surface area is 91.4 Å². The lowest BCUT2D eigenvalue weighted by Crippen LogP contribution is -2.26. The van der Waals surface area contributed by atoms with Crippen LogP contribution in [0.25, 0.3) is 0 Å². The molecule has 3 heteroatoms. The van der Waals surface area contributed by atoms with Gasteiger partial charge in [-0.3, -0.25) is 4.98 Å². The minimum absolute atomic E-state index is 0.0178. The van der Waals surface area contributed by atoms with E-state index in [0.717, 1.165) is 12.0 Å². The second-order valence-electron chi connectivity index (χ2n) is 3.84. The highest BCUT2D eigenvalue weighted by Gasteiger charge is 2.23. The van der Waals surface area contributed by atoms with E-state index in [2.05, 4.69) is 16.0 Å². The van der Waals surface area contributed by atoms with Crippen molar-refractivity contribution >= 4 is 0 Å². The molecule has 0 aliphatic rings. The summed E-state index contributed by atoms with van der Waals surface area (Å²) in [4.78, 5) is 6.18. The van der Waals surface area contributed by atoms with Gasteiger partial charge in [-0.2, -0.15) is 5.26 Å². The summed E-state index contributed by atoms with van der Waals surface area (Å²) in [6.45, 7) is 2.04. The van der Waals surface area contributed by atoms with Crippen molar-refractivity contribution in [3.05, 3.63) is 30.1 Å². The first kappa shape index (κ1) is 11.7. The molecule has 0 saturated carbocycles. The molecule has 0 aliphatic heterocycles. The topological polar surface area (TPSA) is 39.9 Å². The Morgan fingerprint density at radius 2 is 2.27 bits per heavy atom. The zero-order valence-corrected chi connectivity index (χ0v) is 9.51. The van der Waals surface area contributed by atoms with Crippen LogP contribution >= 0.6 is 0 Å². The van der Waals surface area contributed by atoms with Crippen LogP contribution in [0, 0.1) is 17.2 Å². The molecule has 1 heterocycles. The van der Waals surface area contributed by atoms with Gasteiger partial charge in [-0.1, -0.05) is 13.0 Å². The summed E-state index contributed by atoms with van der Waals surface area (Å²) in [7, 11) is 4.00. The molecule has 1 aromatic rings. The fourth-order valence-electron chi connectivity index (χ4n) is 1.83. The van der Waals surface area contributed by atoms with Gasteiger partial charge in [-0.05, 0) is 32.1 Å². The molecule has 1 rings (SSSR count). The largest absolute Gasteiger partial charge is 0.301 e. The Bertz CT molecular complexity index is 326. The van der Waals surface area contributed by atoms with Crippen LogP contribution < -0.4 is 0 Å². The Morgan fingerprint density at radius 3 is 2.67 bits per heavy atom. The van der Waals surface area contributed by atoms with E-state index in [0.29, 0.717) is 0 Å². The molecule has 2 unspecified atom stereocenters. The third-order valence-electron chi connectivity index (χ3n) is 2.57. The van der Waals surface area contributed by atoms with Crippen molar-refractivity contribution in [2.75, 3.05) is 14.1 Å². The SMILES string of the molecule is CCC(C#N)C(c1cccnc1)N(C)C. The van der Waals surface area contributed by atoms with Crippen molar-refractivity contribution in [3.8, 4) is 6.07 Å². The summed E-state index contributed by atoms with van der Waals surface area (Å²) < 4.78 is 0. The lowest BCUT2D eigenvalue weighted by Gasteiger charge is -2.27. The highest BCUT2D eigenvalue weighted by molar-refractivity contribution is 5.17. The van der Waals surface area contributed by atoms with Crippen molar-refractivity contribution in [1.29, 1.82) is 5.26 Å². The van der Waals surface area contributed by atoms with Crippen molar-refractivity contribution in [2.24, 2.45) is 5.92 Å². The lowest BCUT2D eigenvalue weighted by molar-refractivity contribution is 0.241. The number of rotatable bonds is 4. The summed E-state index contributed by atoms with van der Waals surface area (Å²) in [5, 5.41) is 9.11. The Kier molecular flexibility index (Phi) is 4.26. The van der Waals surface area contributed by atoms with Crippen LogP contribution in [-0.2, 0) is 0 Å². The Balaban J connectivity index is 2.99. The fourth-order valence-corrected chi connectivity index (χ4v) is 1.83. The van der Waals surface area contributed by atoms with Crippen LogP contribution in [0.1, 0.15) is 24.9 Å². The molecule has 0 spiro atoms. The average molecular weight is 203 g/mol. The molecule has 2 atom stereocenters. The molecule has 0 saturated heterocycles. The van der Waals surface area contributed by atoms with Crippen LogP contribution in [0.5, 0.6) is 0 Å². The quantitative estimate of drug-likeness (QED) is 0.753. The first-order valence-corrected chi connectivity index (χ1v) is 5.16. The van der Waals surface area contributed by atoms with E-state index >= 15 is 0 Å². The molecular weight excluding hydrogens is 186 g/mol. The average Bonchev–Trinajstić information content (AvgIpc) is 2.26. The minimum Gasteiger partial charge on any atom is -0.301 e. The highest BCUT2D eigenvalue weighted by Crippen LogP contribution is 2.27. The van der Waals surface area contributed by atoms with Crippen LogP contribution in [0.2, 0.25) is 0 Å². The van der Waals surface area contributed by atoms with E-state index in [1.807, 2.05) is 39.3 Å². The van der Waals surface area contributed by atoms with Crippen molar-refractivity contribution in [3.63, 3.8) is 0 Å². The van der Waals surface area contributed by atoms with E-state index in [1.165, 1.54) is 0 Å². The van der Waals surface area contributed by atoms with Crippen molar-refractivity contribution in [2.45, 2.75) is 19.4 Å².